The third kappa shape index (κ3) is 2.04. The molecule has 0 aromatic heterocycles. The van der Waals surface area contributed by atoms with Crippen molar-refractivity contribution >= 4 is 9.84 Å². The number of aromatic hydroxyl groups is 2. The van der Waals surface area contributed by atoms with Gasteiger partial charge in [0.15, 0.2) is 4.90 Å². The lowest BCUT2D eigenvalue weighted by atomic mass is 10.2. The normalized spacial score (nSPS) is 11.4. The van der Waals surface area contributed by atoms with Crippen LogP contribution in [-0.4, -0.2) is 18.6 Å². The van der Waals surface area contributed by atoms with E-state index in [-0.39, 0.29) is 4.90 Å². The van der Waals surface area contributed by atoms with Crippen LogP contribution in [0.15, 0.2) is 52.3 Å². The van der Waals surface area contributed by atoms with Gasteiger partial charge >= 0.3 is 0 Å². The van der Waals surface area contributed by atoms with Gasteiger partial charge in [-0.2, -0.15) is 0 Å². The van der Waals surface area contributed by atoms with Gasteiger partial charge in [0, 0.05) is 0 Å². The summed E-state index contributed by atoms with van der Waals surface area (Å²) in [7, 11) is -3.92. The largest absolute Gasteiger partial charge is 0.506 e. The number of hydrogen-bond acceptors (Lipinski definition) is 4. The van der Waals surface area contributed by atoms with E-state index in [1.807, 2.05) is 0 Å². The van der Waals surface area contributed by atoms with Crippen LogP contribution in [0.25, 0.3) is 0 Å². The second kappa shape index (κ2) is 4.34. The van der Waals surface area contributed by atoms with Gasteiger partial charge in [-0.3, -0.25) is 0 Å². The lowest BCUT2D eigenvalue weighted by Crippen LogP contribution is -2.02. The average Bonchev–Trinajstić information content (AvgIpc) is 2.28. The maximum atomic E-state index is 12.3. The van der Waals surface area contributed by atoms with Crippen molar-refractivity contribution in [3.63, 3.8) is 0 Å². The molecule has 0 saturated heterocycles. The molecule has 0 radical (unpaired) electrons. The third-order valence-corrected chi connectivity index (χ3v) is 4.36. The fourth-order valence-electron chi connectivity index (χ4n) is 1.73. The smallest absolute Gasteiger partial charge is 0.213 e. The van der Waals surface area contributed by atoms with Crippen LogP contribution >= 0.6 is 0 Å². The topological polar surface area (TPSA) is 74.6 Å². The molecule has 2 N–H and O–H groups in total. The number of benzene rings is 2. The molecule has 0 unspecified atom stereocenters. The summed E-state index contributed by atoms with van der Waals surface area (Å²) in [6, 6.07) is 10.3. The Labute approximate surface area is 105 Å². The quantitative estimate of drug-likeness (QED) is 0.872. The molecule has 0 aliphatic rings. The van der Waals surface area contributed by atoms with Gasteiger partial charge in [0.05, 0.1) is 4.90 Å². The summed E-state index contributed by atoms with van der Waals surface area (Å²) < 4.78 is 24.5. The van der Waals surface area contributed by atoms with E-state index in [2.05, 4.69) is 0 Å². The van der Waals surface area contributed by atoms with E-state index in [4.69, 9.17) is 0 Å². The molecule has 0 fully saturated rings. The van der Waals surface area contributed by atoms with Crippen LogP contribution in [0.3, 0.4) is 0 Å². The van der Waals surface area contributed by atoms with Gasteiger partial charge in [0.1, 0.15) is 11.5 Å². The van der Waals surface area contributed by atoms with Gasteiger partial charge < -0.3 is 10.2 Å². The van der Waals surface area contributed by atoms with Crippen molar-refractivity contribution in [2.24, 2.45) is 0 Å². The van der Waals surface area contributed by atoms with Crippen molar-refractivity contribution in [2.75, 3.05) is 0 Å². The highest BCUT2D eigenvalue weighted by Crippen LogP contribution is 2.36. The van der Waals surface area contributed by atoms with Crippen LogP contribution in [0.2, 0.25) is 0 Å². The Morgan fingerprint density at radius 3 is 1.94 bits per heavy atom. The van der Waals surface area contributed by atoms with E-state index in [1.165, 1.54) is 24.3 Å². The summed E-state index contributed by atoms with van der Waals surface area (Å²) >= 11 is 0. The molecule has 5 heteroatoms. The van der Waals surface area contributed by atoms with E-state index in [0.717, 1.165) is 0 Å². The molecular weight excluding hydrogens is 252 g/mol. The van der Waals surface area contributed by atoms with Crippen LogP contribution < -0.4 is 0 Å². The van der Waals surface area contributed by atoms with Crippen LogP contribution in [0.5, 0.6) is 11.5 Å². The molecule has 0 atom stereocenters. The highest BCUT2D eigenvalue weighted by Gasteiger charge is 2.25. The first-order valence-electron chi connectivity index (χ1n) is 5.25. The first kappa shape index (κ1) is 12.4. The lowest BCUT2D eigenvalue weighted by molar-refractivity contribution is 0.422. The maximum Gasteiger partial charge on any atom is 0.213 e. The minimum Gasteiger partial charge on any atom is -0.506 e. The van der Waals surface area contributed by atoms with Crippen LogP contribution in [0.1, 0.15) is 5.56 Å². The monoisotopic (exact) mass is 264 g/mol. The standard InChI is InChI=1S/C13H12O4S/c1-9-7-11(14)13(12(15)8-9)18(16,17)10-5-3-2-4-6-10/h2-8,14-15H,1H3. The molecule has 0 amide bonds. The van der Waals surface area contributed by atoms with E-state index in [9.17, 15) is 18.6 Å². The maximum absolute atomic E-state index is 12.3. The summed E-state index contributed by atoms with van der Waals surface area (Å²) in [6.07, 6.45) is 0. The van der Waals surface area contributed by atoms with E-state index < -0.39 is 26.2 Å². The highest BCUT2D eigenvalue weighted by atomic mass is 32.2. The number of sulfone groups is 1. The first-order valence-corrected chi connectivity index (χ1v) is 6.74. The molecule has 0 spiro atoms. The third-order valence-electron chi connectivity index (χ3n) is 2.52. The van der Waals surface area contributed by atoms with Crippen LogP contribution in [0, 0.1) is 6.92 Å². The SMILES string of the molecule is Cc1cc(O)c(S(=O)(=O)c2ccccc2)c(O)c1. The summed E-state index contributed by atoms with van der Waals surface area (Å²) in [5.41, 5.74) is 0.581. The van der Waals surface area contributed by atoms with E-state index >= 15 is 0 Å². The number of phenolic OH excluding ortho intramolecular Hbond substituents is 2. The van der Waals surface area contributed by atoms with Gasteiger partial charge in [-0.25, -0.2) is 8.42 Å². The number of hydrogen-bond donors (Lipinski definition) is 2. The van der Waals surface area contributed by atoms with Gasteiger partial charge in [0.25, 0.3) is 0 Å². The van der Waals surface area contributed by atoms with Crippen molar-refractivity contribution in [1.82, 2.24) is 0 Å². The Kier molecular flexibility index (Phi) is 3.00. The molecule has 0 aliphatic carbocycles. The Balaban J connectivity index is 2.70. The molecule has 0 aliphatic heterocycles. The summed E-state index contributed by atoms with van der Waals surface area (Å²) in [5, 5.41) is 19.5. The van der Waals surface area contributed by atoms with Crippen molar-refractivity contribution in [3.8, 4) is 11.5 Å². The molecule has 4 nitrogen and oxygen atoms in total. The first-order chi connectivity index (χ1) is 8.43. The lowest BCUT2D eigenvalue weighted by Gasteiger charge is -2.09. The van der Waals surface area contributed by atoms with Crippen molar-refractivity contribution in [1.29, 1.82) is 0 Å². The summed E-state index contributed by atoms with van der Waals surface area (Å²) in [5.74, 6) is -0.896. The molecule has 0 bridgehead atoms. The van der Waals surface area contributed by atoms with Gasteiger partial charge in [0.2, 0.25) is 9.84 Å². The predicted octanol–water partition coefficient (Wildman–Crippen LogP) is 2.24. The zero-order chi connectivity index (χ0) is 13.3. The zero-order valence-corrected chi connectivity index (χ0v) is 10.5. The second-order valence-electron chi connectivity index (χ2n) is 3.95. The van der Waals surface area contributed by atoms with E-state index in [0.29, 0.717) is 5.56 Å². The average molecular weight is 264 g/mol. The molecule has 2 aromatic rings. The van der Waals surface area contributed by atoms with Gasteiger partial charge in [-0.1, -0.05) is 18.2 Å². The second-order valence-corrected chi connectivity index (χ2v) is 5.84. The Bertz CT molecular complexity index is 652. The van der Waals surface area contributed by atoms with Crippen LogP contribution in [-0.2, 0) is 9.84 Å². The molecule has 18 heavy (non-hydrogen) atoms. The fraction of sp³-hybridized carbons (Fsp3) is 0.0769. The minimum absolute atomic E-state index is 0.0273. The van der Waals surface area contributed by atoms with Crippen molar-refractivity contribution in [2.45, 2.75) is 16.7 Å². The molecule has 0 heterocycles. The fourth-order valence-corrected chi connectivity index (χ4v) is 3.15. The molecule has 2 rings (SSSR count). The highest BCUT2D eigenvalue weighted by molar-refractivity contribution is 7.91. The summed E-state index contributed by atoms with van der Waals surface area (Å²) in [4.78, 5) is -0.432. The molecule has 0 saturated carbocycles. The van der Waals surface area contributed by atoms with E-state index in [1.54, 1.807) is 25.1 Å². The Morgan fingerprint density at radius 1 is 0.944 bits per heavy atom. The number of rotatable bonds is 2. The number of aryl methyl sites for hydroxylation is 1. The van der Waals surface area contributed by atoms with Crippen LogP contribution in [0.4, 0.5) is 0 Å². The number of phenols is 2. The predicted molar refractivity (Wildman–Crippen MR) is 66.4 cm³/mol. The summed E-state index contributed by atoms with van der Waals surface area (Å²) in [6.45, 7) is 1.65. The van der Waals surface area contributed by atoms with Crippen molar-refractivity contribution < 1.29 is 18.6 Å². The Hall–Kier alpha value is -2.01. The zero-order valence-electron chi connectivity index (χ0n) is 9.66. The molecule has 2 aromatic carbocycles. The van der Waals surface area contributed by atoms with Gasteiger partial charge in [-0.15, -0.1) is 0 Å². The molecular formula is C13H12O4S. The minimum atomic E-state index is -3.92. The molecule has 94 valence electrons. The van der Waals surface area contributed by atoms with Gasteiger partial charge in [-0.05, 0) is 36.8 Å². The van der Waals surface area contributed by atoms with Crippen molar-refractivity contribution in [3.05, 3.63) is 48.0 Å². The Morgan fingerprint density at radius 2 is 1.44 bits per heavy atom.